The van der Waals surface area contributed by atoms with Gasteiger partial charge in [-0.05, 0) is 42.7 Å². The normalized spacial score (nSPS) is 11.3. The second-order valence-corrected chi connectivity index (χ2v) is 4.58. The van der Waals surface area contributed by atoms with E-state index in [2.05, 4.69) is 29.3 Å². The summed E-state index contributed by atoms with van der Waals surface area (Å²) in [7, 11) is 1.65. The minimum Gasteiger partial charge on any atom is -0.497 e. The monoisotopic (exact) mass is 268 g/mol. The number of hydrogen-bond donors (Lipinski definition) is 1. The summed E-state index contributed by atoms with van der Waals surface area (Å²) < 4.78 is 5.12. The summed E-state index contributed by atoms with van der Waals surface area (Å²) in [6, 6.07) is 18.1. The Morgan fingerprint density at radius 2 is 1.75 bits per heavy atom. The van der Waals surface area contributed by atoms with E-state index in [1.165, 1.54) is 5.56 Å². The number of aliphatic imine (C=N–C) groups is 1. The molecule has 0 amide bonds. The Kier molecular flexibility index (Phi) is 5.18. The molecule has 0 aromatic heterocycles. The summed E-state index contributed by atoms with van der Waals surface area (Å²) in [6.45, 7) is 0.743. The maximum absolute atomic E-state index is 5.98. The zero-order valence-electron chi connectivity index (χ0n) is 11.8. The highest BCUT2D eigenvalue weighted by Crippen LogP contribution is 2.11. The van der Waals surface area contributed by atoms with Crippen LogP contribution in [0.15, 0.2) is 59.6 Å². The van der Waals surface area contributed by atoms with Crippen LogP contribution in [-0.4, -0.2) is 19.5 Å². The number of methoxy groups -OCH3 is 1. The summed E-state index contributed by atoms with van der Waals surface area (Å²) in [6.07, 6.45) is 2.03. The number of rotatable bonds is 6. The van der Waals surface area contributed by atoms with Crippen LogP contribution in [0.2, 0.25) is 0 Å². The van der Waals surface area contributed by atoms with Crippen LogP contribution in [0.3, 0.4) is 0 Å². The summed E-state index contributed by atoms with van der Waals surface area (Å²) >= 11 is 0. The third-order valence-corrected chi connectivity index (χ3v) is 3.13. The molecule has 0 aliphatic heterocycles. The van der Waals surface area contributed by atoms with Crippen LogP contribution in [0.5, 0.6) is 5.75 Å². The number of benzene rings is 2. The molecule has 0 aliphatic carbocycles. The molecule has 2 N–H and O–H groups in total. The second kappa shape index (κ2) is 7.34. The van der Waals surface area contributed by atoms with Crippen molar-refractivity contribution >= 4 is 5.84 Å². The lowest BCUT2D eigenvalue weighted by Crippen LogP contribution is -2.14. The molecule has 104 valence electrons. The Bertz CT molecular complexity index is 547. The summed E-state index contributed by atoms with van der Waals surface area (Å²) in [4.78, 5) is 4.42. The van der Waals surface area contributed by atoms with E-state index in [0.717, 1.165) is 30.7 Å². The highest BCUT2D eigenvalue weighted by Gasteiger charge is 1.98. The maximum Gasteiger partial charge on any atom is 0.125 e. The fourth-order valence-corrected chi connectivity index (χ4v) is 1.98. The van der Waals surface area contributed by atoms with Gasteiger partial charge >= 0.3 is 0 Å². The van der Waals surface area contributed by atoms with Crippen LogP contribution >= 0.6 is 0 Å². The Morgan fingerprint density at radius 1 is 1.05 bits per heavy atom. The van der Waals surface area contributed by atoms with Crippen LogP contribution < -0.4 is 10.5 Å². The van der Waals surface area contributed by atoms with Gasteiger partial charge in [-0.1, -0.05) is 30.3 Å². The predicted octanol–water partition coefficient (Wildman–Crippen LogP) is 3.03. The van der Waals surface area contributed by atoms with Gasteiger partial charge in [0.25, 0.3) is 0 Å². The van der Waals surface area contributed by atoms with Gasteiger partial charge in [-0.25, -0.2) is 0 Å². The highest BCUT2D eigenvalue weighted by atomic mass is 16.5. The van der Waals surface area contributed by atoms with Crippen molar-refractivity contribution in [2.45, 2.75) is 12.8 Å². The number of amidine groups is 1. The summed E-state index contributed by atoms with van der Waals surface area (Å²) in [5, 5.41) is 0. The first-order valence-electron chi connectivity index (χ1n) is 6.78. The molecule has 2 aromatic carbocycles. The topological polar surface area (TPSA) is 47.6 Å². The van der Waals surface area contributed by atoms with Crippen molar-refractivity contribution < 1.29 is 4.74 Å². The first kappa shape index (κ1) is 14.1. The van der Waals surface area contributed by atoms with E-state index in [1.54, 1.807) is 7.11 Å². The van der Waals surface area contributed by atoms with E-state index in [1.807, 2.05) is 30.3 Å². The lowest BCUT2D eigenvalue weighted by Gasteiger charge is -2.03. The zero-order chi connectivity index (χ0) is 14.2. The predicted molar refractivity (Wildman–Crippen MR) is 83.3 cm³/mol. The molecule has 2 aromatic rings. The first-order chi connectivity index (χ1) is 9.79. The average Bonchev–Trinajstić information content (AvgIpc) is 2.52. The van der Waals surface area contributed by atoms with Gasteiger partial charge in [0, 0.05) is 12.1 Å². The second-order valence-electron chi connectivity index (χ2n) is 4.58. The van der Waals surface area contributed by atoms with Crippen molar-refractivity contribution in [1.29, 1.82) is 0 Å². The molecule has 0 radical (unpaired) electrons. The molecule has 0 aliphatic rings. The Labute approximate surface area is 120 Å². The standard InChI is InChI=1S/C17H20N2O/c1-20-16-11-9-15(10-12-16)17(18)19-13-5-8-14-6-3-2-4-7-14/h2-4,6-7,9-12H,5,8,13H2,1H3,(H2,18,19). The summed E-state index contributed by atoms with van der Waals surface area (Å²) in [5.74, 6) is 1.41. The molecule has 0 atom stereocenters. The van der Waals surface area contributed by atoms with E-state index in [9.17, 15) is 0 Å². The van der Waals surface area contributed by atoms with E-state index in [-0.39, 0.29) is 0 Å². The van der Waals surface area contributed by atoms with Crippen LogP contribution in [0.1, 0.15) is 17.5 Å². The van der Waals surface area contributed by atoms with Crippen molar-refractivity contribution in [2.75, 3.05) is 13.7 Å². The van der Waals surface area contributed by atoms with Crippen molar-refractivity contribution in [3.8, 4) is 5.75 Å². The lowest BCUT2D eigenvalue weighted by atomic mass is 10.1. The lowest BCUT2D eigenvalue weighted by molar-refractivity contribution is 0.415. The molecule has 0 heterocycles. The van der Waals surface area contributed by atoms with Gasteiger partial charge in [-0.15, -0.1) is 0 Å². The average molecular weight is 268 g/mol. The van der Waals surface area contributed by atoms with Crippen LogP contribution in [0, 0.1) is 0 Å². The zero-order valence-corrected chi connectivity index (χ0v) is 11.8. The molecular weight excluding hydrogens is 248 g/mol. The number of hydrogen-bond acceptors (Lipinski definition) is 2. The van der Waals surface area contributed by atoms with Crippen molar-refractivity contribution in [3.63, 3.8) is 0 Å². The van der Waals surface area contributed by atoms with E-state index >= 15 is 0 Å². The third-order valence-electron chi connectivity index (χ3n) is 3.13. The molecule has 20 heavy (non-hydrogen) atoms. The molecule has 0 unspecified atom stereocenters. The summed E-state index contributed by atoms with van der Waals surface area (Å²) in [5.41, 5.74) is 8.25. The number of nitrogens with zero attached hydrogens (tertiary/aromatic N) is 1. The van der Waals surface area contributed by atoms with E-state index in [0.29, 0.717) is 5.84 Å². The Hall–Kier alpha value is -2.29. The van der Waals surface area contributed by atoms with Gasteiger partial charge in [-0.3, -0.25) is 4.99 Å². The quantitative estimate of drug-likeness (QED) is 0.497. The molecule has 0 spiro atoms. The van der Waals surface area contributed by atoms with Gasteiger partial charge in [0.15, 0.2) is 0 Å². The fourth-order valence-electron chi connectivity index (χ4n) is 1.98. The smallest absolute Gasteiger partial charge is 0.125 e. The number of aryl methyl sites for hydroxylation is 1. The molecule has 2 rings (SSSR count). The van der Waals surface area contributed by atoms with Crippen LogP contribution in [-0.2, 0) is 6.42 Å². The number of nitrogens with two attached hydrogens (primary N) is 1. The molecule has 3 heteroatoms. The highest BCUT2D eigenvalue weighted by molar-refractivity contribution is 5.97. The number of ether oxygens (including phenoxy) is 1. The van der Waals surface area contributed by atoms with Crippen LogP contribution in [0.25, 0.3) is 0 Å². The molecule has 0 saturated carbocycles. The van der Waals surface area contributed by atoms with Crippen molar-refractivity contribution in [1.82, 2.24) is 0 Å². The molecule has 0 fully saturated rings. The molecule has 0 saturated heterocycles. The van der Waals surface area contributed by atoms with Gasteiger partial charge in [0.05, 0.1) is 7.11 Å². The molecule has 0 bridgehead atoms. The SMILES string of the molecule is COc1ccc(C(N)=NCCCc2ccccc2)cc1. The van der Waals surface area contributed by atoms with Gasteiger partial charge in [-0.2, -0.15) is 0 Å². The Balaban J connectivity index is 1.84. The minimum absolute atomic E-state index is 0.584. The van der Waals surface area contributed by atoms with Crippen molar-refractivity contribution in [2.24, 2.45) is 10.7 Å². The van der Waals surface area contributed by atoms with Gasteiger partial charge in [0.2, 0.25) is 0 Å². The fraction of sp³-hybridized carbons (Fsp3) is 0.235. The van der Waals surface area contributed by atoms with Gasteiger partial charge < -0.3 is 10.5 Å². The van der Waals surface area contributed by atoms with E-state index < -0.39 is 0 Å². The molecule has 3 nitrogen and oxygen atoms in total. The molecular formula is C17H20N2O. The van der Waals surface area contributed by atoms with Crippen molar-refractivity contribution in [3.05, 3.63) is 65.7 Å². The minimum atomic E-state index is 0.584. The van der Waals surface area contributed by atoms with E-state index in [4.69, 9.17) is 10.5 Å². The third kappa shape index (κ3) is 4.12. The first-order valence-corrected chi connectivity index (χ1v) is 6.78. The van der Waals surface area contributed by atoms with Crippen LogP contribution in [0.4, 0.5) is 0 Å². The maximum atomic E-state index is 5.98. The van der Waals surface area contributed by atoms with Gasteiger partial charge in [0.1, 0.15) is 11.6 Å². The Morgan fingerprint density at radius 3 is 2.40 bits per heavy atom. The largest absolute Gasteiger partial charge is 0.497 e.